The number of aromatic nitrogens is 3. The molecule has 1 aliphatic heterocycles. The first-order valence-electron chi connectivity index (χ1n) is 16.2. The van der Waals surface area contributed by atoms with E-state index in [0.29, 0.717) is 42.8 Å². The maximum absolute atomic E-state index is 14.0. The number of alkyl halides is 3. The normalized spacial score (nSPS) is 14.7. The van der Waals surface area contributed by atoms with Gasteiger partial charge < -0.3 is 10.1 Å². The fourth-order valence-electron chi connectivity index (χ4n) is 5.40. The third-order valence-electron chi connectivity index (χ3n) is 8.07. The van der Waals surface area contributed by atoms with Crippen molar-refractivity contribution in [2.75, 3.05) is 11.9 Å². The summed E-state index contributed by atoms with van der Waals surface area (Å²) in [6.45, 7) is 2.49. The van der Waals surface area contributed by atoms with Crippen LogP contribution in [-0.4, -0.2) is 39.3 Å². The van der Waals surface area contributed by atoms with Gasteiger partial charge in [-0.25, -0.2) is 19.8 Å². The lowest BCUT2D eigenvalue weighted by Gasteiger charge is -2.22. The number of unbranched alkanes of at least 4 members (excludes halogenated alkanes) is 4. The number of hydrogen-bond acceptors (Lipinski definition) is 6. The van der Waals surface area contributed by atoms with E-state index in [0.717, 1.165) is 50.2 Å². The molecule has 1 fully saturated rings. The second kappa shape index (κ2) is 16.4. The van der Waals surface area contributed by atoms with Gasteiger partial charge in [0, 0.05) is 42.5 Å². The fourth-order valence-corrected chi connectivity index (χ4v) is 5.40. The van der Waals surface area contributed by atoms with Crippen LogP contribution in [0.15, 0.2) is 60.9 Å². The molecule has 2 N–H and O–H groups in total. The minimum atomic E-state index is -4.58. The minimum Gasteiger partial charge on any atom is -0.350 e. The summed E-state index contributed by atoms with van der Waals surface area (Å²) in [5.74, 6) is 5.33. The van der Waals surface area contributed by atoms with E-state index >= 15 is 0 Å². The first-order valence-corrected chi connectivity index (χ1v) is 16.2. The van der Waals surface area contributed by atoms with Crippen molar-refractivity contribution in [2.24, 2.45) is 0 Å². The van der Waals surface area contributed by atoms with E-state index in [1.165, 1.54) is 12.1 Å². The van der Waals surface area contributed by atoms with Crippen LogP contribution in [0.2, 0.25) is 0 Å². The second-order valence-corrected chi connectivity index (χ2v) is 11.7. The molecule has 0 radical (unpaired) electrons. The van der Waals surface area contributed by atoms with Crippen molar-refractivity contribution in [1.29, 1.82) is 0 Å². The quantitative estimate of drug-likeness (QED) is 0.0948. The Morgan fingerprint density at radius 2 is 1.88 bits per heavy atom. The molecule has 5 rings (SSSR count). The molecule has 12 heteroatoms. The molecule has 1 aliphatic rings. The molecule has 2 aromatic carbocycles. The number of hydrogen-bond donors (Lipinski definition) is 2. The molecule has 3 heterocycles. The van der Waals surface area contributed by atoms with Crippen LogP contribution in [0.25, 0.3) is 5.65 Å². The Morgan fingerprint density at radius 3 is 2.69 bits per heavy atom. The third kappa shape index (κ3) is 9.65. The van der Waals surface area contributed by atoms with Gasteiger partial charge in [0.05, 0.1) is 11.8 Å². The molecule has 0 spiro atoms. The van der Waals surface area contributed by atoms with Gasteiger partial charge in [-0.1, -0.05) is 37.3 Å². The highest BCUT2D eigenvalue weighted by atomic mass is 19.4. The molecule has 1 atom stereocenters. The number of fused-ring (bicyclic) bond motifs is 1. The fraction of sp³-hybridized carbons (Fsp3) is 0.389. The Balaban J connectivity index is 1.11. The van der Waals surface area contributed by atoms with E-state index in [4.69, 9.17) is 9.57 Å². The van der Waals surface area contributed by atoms with Gasteiger partial charge in [0.2, 0.25) is 5.91 Å². The summed E-state index contributed by atoms with van der Waals surface area (Å²) in [4.78, 5) is 34.6. The molecule has 2 aromatic heterocycles. The largest absolute Gasteiger partial charge is 0.416 e. The van der Waals surface area contributed by atoms with Gasteiger partial charge in [-0.05, 0) is 92.5 Å². The number of ether oxygens (including phenoxy) is 1. The van der Waals surface area contributed by atoms with Gasteiger partial charge in [-0.15, -0.1) is 0 Å². The highest BCUT2D eigenvalue weighted by Gasteiger charge is 2.33. The number of carbonyl (C=O) groups excluding carboxylic acids is 2. The number of aryl methyl sites for hydroxylation is 2. The monoisotopic (exact) mass is 661 g/mol. The summed E-state index contributed by atoms with van der Waals surface area (Å²) >= 11 is 0. The number of benzene rings is 2. The first kappa shape index (κ1) is 34.6. The Kier molecular flexibility index (Phi) is 11.8. The van der Waals surface area contributed by atoms with Crippen molar-refractivity contribution in [3.05, 3.63) is 94.4 Å². The lowest BCUT2D eigenvalue weighted by Crippen LogP contribution is -2.32. The molecular weight excluding hydrogens is 623 g/mol. The van der Waals surface area contributed by atoms with Crippen molar-refractivity contribution in [3.8, 4) is 11.8 Å². The molecule has 0 saturated carbocycles. The highest BCUT2D eigenvalue weighted by molar-refractivity contribution is 6.04. The maximum atomic E-state index is 14.0. The molecule has 0 bridgehead atoms. The van der Waals surface area contributed by atoms with Gasteiger partial charge >= 0.3 is 6.18 Å². The number of hydroxylamine groups is 1. The number of nitrogens with one attached hydrogen (secondary N) is 2. The summed E-state index contributed by atoms with van der Waals surface area (Å²) in [6, 6.07) is 12.5. The van der Waals surface area contributed by atoms with Crippen LogP contribution in [0.3, 0.4) is 0 Å². The molecule has 9 nitrogen and oxygen atoms in total. The van der Waals surface area contributed by atoms with Crippen LogP contribution < -0.4 is 10.8 Å². The Morgan fingerprint density at radius 1 is 1.04 bits per heavy atom. The zero-order valence-electron chi connectivity index (χ0n) is 26.7. The van der Waals surface area contributed by atoms with Crippen LogP contribution in [0, 0.1) is 18.8 Å². The number of rotatable bonds is 12. The third-order valence-corrected chi connectivity index (χ3v) is 8.07. The number of imidazole rings is 1. The molecule has 1 unspecified atom stereocenters. The summed E-state index contributed by atoms with van der Waals surface area (Å²) in [6.07, 6.45) is 5.14. The highest BCUT2D eigenvalue weighted by Crippen LogP contribution is 2.35. The molecular formula is C36H38F3N5O4. The van der Waals surface area contributed by atoms with Crippen LogP contribution in [0.5, 0.6) is 0 Å². The van der Waals surface area contributed by atoms with Gasteiger partial charge in [-0.2, -0.15) is 18.3 Å². The van der Waals surface area contributed by atoms with E-state index in [-0.39, 0.29) is 29.1 Å². The predicted octanol–water partition coefficient (Wildman–Crippen LogP) is 7.17. The Hall–Kier alpha value is -4.73. The van der Waals surface area contributed by atoms with E-state index in [1.54, 1.807) is 41.2 Å². The second-order valence-electron chi connectivity index (χ2n) is 11.7. The van der Waals surface area contributed by atoms with Crippen molar-refractivity contribution in [3.63, 3.8) is 0 Å². The molecule has 48 heavy (non-hydrogen) atoms. The van der Waals surface area contributed by atoms with Crippen molar-refractivity contribution in [2.45, 2.75) is 83.6 Å². The lowest BCUT2D eigenvalue weighted by atomic mass is 9.99. The Labute approximate surface area is 277 Å². The van der Waals surface area contributed by atoms with Gasteiger partial charge in [0.15, 0.2) is 11.9 Å². The van der Waals surface area contributed by atoms with Crippen LogP contribution in [0.1, 0.15) is 96.1 Å². The van der Waals surface area contributed by atoms with Crippen molar-refractivity contribution < 1.29 is 32.3 Å². The predicted molar refractivity (Wildman–Crippen MR) is 174 cm³/mol. The summed E-state index contributed by atoms with van der Waals surface area (Å²) in [5, 5.41) is 6.85. The number of halogens is 3. The average Bonchev–Trinajstić information content (AvgIpc) is 3.50. The summed E-state index contributed by atoms with van der Waals surface area (Å²) in [5.41, 5.74) is 4.83. The minimum absolute atomic E-state index is 0.0541. The van der Waals surface area contributed by atoms with Crippen LogP contribution in [-0.2, 0) is 27.0 Å². The Bertz CT molecular complexity index is 1790. The van der Waals surface area contributed by atoms with Crippen LogP contribution >= 0.6 is 0 Å². The topological polar surface area (TPSA) is 107 Å². The number of nitrogens with zero attached hydrogens (tertiary/aromatic N) is 3. The summed E-state index contributed by atoms with van der Waals surface area (Å²) in [7, 11) is 0. The first-order chi connectivity index (χ1) is 23.2. The molecule has 1 saturated heterocycles. The number of carbonyl (C=O) groups is 2. The molecule has 2 amide bonds. The lowest BCUT2D eigenvalue weighted by molar-refractivity contribution is -0.200. The summed E-state index contributed by atoms with van der Waals surface area (Å²) < 4.78 is 49.1. The van der Waals surface area contributed by atoms with Gasteiger partial charge in [0.1, 0.15) is 5.69 Å². The average molecular weight is 662 g/mol. The van der Waals surface area contributed by atoms with E-state index in [1.807, 2.05) is 13.0 Å². The van der Waals surface area contributed by atoms with E-state index in [2.05, 4.69) is 32.7 Å². The van der Waals surface area contributed by atoms with Gasteiger partial charge in [-0.3, -0.25) is 9.59 Å². The molecule has 252 valence electrons. The zero-order chi connectivity index (χ0) is 33.9. The van der Waals surface area contributed by atoms with E-state index in [9.17, 15) is 22.8 Å². The smallest absolute Gasteiger partial charge is 0.350 e. The van der Waals surface area contributed by atoms with Crippen molar-refractivity contribution >= 4 is 23.1 Å². The molecule has 4 aromatic rings. The van der Waals surface area contributed by atoms with Gasteiger partial charge in [0.25, 0.3) is 5.91 Å². The standard InChI is InChI=1S/C36H38F3N5O4/c1-25-14-15-28(22-27(25)17-19-30-24-40-32-11-9-20-41-44(30)32)35(46)42-29-18-16-26(31(23-29)36(37,38)39)10-5-3-2-4-6-12-33(45)43-48-34-13-7-8-21-47-34/h9,11,14-16,18,20,22-24,34H,2-8,10,12-13,21H2,1H3,(H,42,46)(H,43,45). The van der Waals surface area contributed by atoms with E-state index < -0.39 is 23.9 Å². The maximum Gasteiger partial charge on any atom is 0.416 e. The molecule has 0 aliphatic carbocycles. The zero-order valence-corrected chi connectivity index (χ0v) is 26.7. The number of anilines is 1. The SMILES string of the molecule is Cc1ccc(C(=O)Nc2ccc(CCCCCCCC(=O)NOC3CCCCO3)c(C(F)(F)F)c2)cc1C#Cc1cnc2cccnn12. The van der Waals surface area contributed by atoms with Crippen molar-refractivity contribution in [1.82, 2.24) is 20.1 Å². The number of amides is 2. The van der Waals surface area contributed by atoms with Crippen LogP contribution in [0.4, 0.5) is 18.9 Å².